The van der Waals surface area contributed by atoms with Crippen molar-refractivity contribution < 1.29 is 14.6 Å². The number of halogens is 1. The van der Waals surface area contributed by atoms with Crippen LogP contribution in [0.5, 0.6) is 0 Å². The maximum Gasteiger partial charge on any atom is 0.416 e. The van der Waals surface area contributed by atoms with Gasteiger partial charge in [-0.1, -0.05) is 6.07 Å². The van der Waals surface area contributed by atoms with Crippen LogP contribution in [0.2, 0.25) is 0 Å². The van der Waals surface area contributed by atoms with Crippen molar-refractivity contribution in [1.82, 2.24) is 4.98 Å². The predicted octanol–water partition coefficient (Wildman–Crippen LogP) is 2.97. The molecule has 0 radical (unpaired) electrons. The summed E-state index contributed by atoms with van der Waals surface area (Å²) < 4.78 is 5.98. The smallest absolute Gasteiger partial charge is 0.416 e. The maximum absolute atomic E-state index is 12.1. The first kappa shape index (κ1) is 15.9. The van der Waals surface area contributed by atoms with Crippen molar-refractivity contribution in [2.45, 2.75) is 32.8 Å². The minimum atomic E-state index is -0.569. The lowest BCUT2D eigenvalue weighted by Crippen LogP contribution is -2.38. The highest BCUT2D eigenvalue weighted by atomic mass is 79.9. The van der Waals surface area contributed by atoms with E-state index in [1.54, 1.807) is 18.2 Å². The average molecular weight is 331 g/mol. The third-order valence-electron chi connectivity index (χ3n) is 2.13. The van der Waals surface area contributed by atoms with E-state index in [9.17, 15) is 4.79 Å². The number of aliphatic hydroxyl groups excluding tert-OH is 1. The maximum atomic E-state index is 12.1. The van der Waals surface area contributed by atoms with Crippen LogP contribution >= 0.6 is 15.9 Å². The van der Waals surface area contributed by atoms with Gasteiger partial charge < -0.3 is 9.84 Å². The molecule has 0 spiro atoms. The van der Waals surface area contributed by atoms with Gasteiger partial charge in [0, 0.05) is 13.2 Å². The first-order valence-electron chi connectivity index (χ1n) is 6.07. The molecule has 6 heteroatoms. The number of anilines is 1. The highest BCUT2D eigenvalue weighted by Gasteiger charge is 2.23. The van der Waals surface area contributed by atoms with E-state index in [4.69, 9.17) is 9.84 Å². The van der Waals surface area contributed by atoms with Gasteiger partial charge in [-0.15, -0.1) is 0 Å². The van der Waals surface area contributed by atoms with E-state index < -0.39 is 11.7 Å². The number of hydrogen-bond donors (Lipinski definition) is 1. The topological polar surface area (TPSA) is 62.7 Å². The Hall–Kier alpha value is -1.14. The van der Waals surface area contributed by atoms with E-state index in [0.717, 1.165) is 0 Å². The van der Waals surface area contributed by atoms with Crippen molar-refractivity contribution in [2.75, 3.05) is 18.1 Å². The predicted molar refractivity (Wildman–Crippen MR) is 77.2 cm³/mol. The van der Waals surface area contributed by atoms with Gasteiger partial charge in [0.05, 0.1) is 0 Å². The van der Waals surface area contributed by atoms with E-state index >= 15 is 0 Å². The van der Waals surface area contributed by atoms with Gasteiger partial charge >= 0.3 is 6.09 Å². The zero-order chi connectivity index (χ0) is 14.5. The Kier molecular flexibility index (Phi) is 5.75. The summed E-state index contributed by atoms with van der Waals surface area (Å²) in [5.41, 5.74) is -0.569. The van der Waals surface area contributed by atoms with Crippen molar-refractivity contribution in [1.29, 1.82) is 0 Å². The molecule has 19 heavy (non-hydrogen) atoms. The fourth-order valence-electron chi connectivity index (χ4n) is 1.39. The summed E-state index contributed by atoms with van der Waals surface area (Å²) in [4.78, 5) is 17.8. The number of ether oxygens (including phenoxy) is 1. The Bertz CT molecular complexity index is 432. The number of hydrogen-bond acceptors (Lipinski definition) is 4. The van der Waals surface area contributed by atoms with Crippen LogP contribution in [0.3, 0.4) is 0 Å². The minimum Gasteiger partial charge on any atom is -0.443 e. The Labute approximate surface area is 121 Å². The van der Waals surface area contributed by atoms with Gasteiger partial charge in [0.1, 0.15) is 16.0 Å². The normalized spacial score (nSPS) is 11.2. The largest absolute Gasteiger partial charge is 0.443 e. The van der Waals surface area contributed by atoms with E-state index in [1.807, 2.05) is 20.8 Å². The molecule has 0 saturated carbocycles. The van der Waals surface area contributed by atoms with Gasteiger partial charge in [0.25, 0.3) is 0 Å². The van der Waals surface area contributed by atoms with Crippen molar-refractivity contribution in [2.24, 2.45) is 0 Å². The molecule has 0 fully saturated rings. The highest BCUT2D eigenvalue weighted by molar-refractivity contribution is 9.10. The van der Waals surface area contributed by atoms with Gasteiger partial charge in [-0.3, -0.25) is 4.90 Å². The van der Waals surface area contributed by atoms with Crippen LogP contribution in [0.15, 0.2) is 22.8 Å². The molecule has 0 aromatic carbocycles. The van der Waals surface area contributed by atoms with Crippen LogP contribution in [0, 0.1) is 0 Å². The van der Waals surface area contributed by atoms with E-state index in [1.165, 1.54) is 4.90 Å². The molecule has 0 unspecified atom stereocenters. The summed E-state index contributed by atoms with van der Waals surface area (Å²) in [5.74, 6) is 0.497. The van der Waals surface area contributed by atoms with Gasteiger partial charge in [0.2, 0.25) is 0 Å². The summed E-state index contributed by atoms with van der Waals surface area (Å²) in [6.07, 6.45) is -0.000447. The molecule has 106 valence electrons. The molecule has 1 aromatic heterocycles. The number of aliphatic hydroxyl groups is 1. The molecule has 1 rings (SSSR count). The lowest BCUT2D eigenvalue weighted by atomic mass is 10.2. The number of carbonyl (C=O) groups excluding carboxylic acids is 1. The van der Waals surface area contributed by atoms with Crippen LogP contribution in [0.25, 0.3) is 0 Å². The van der Waals surface area contributed by atoms with E-state index in [0.29, 0.717) is 23.4 Å². The second-order valence-electron chi connectivity index (χ2n) is 5.03. The molecular formula is C13H19BrN2O3. The van der Waals surface area contributed by atoms with Crippen molar-refractivity contribution in [3.63, 3.8) is 0 Å². The number of carbonyl (C=O) groups is 1. The molecule has 1 aromatic rings. The van der Waals surface area contributed by atoms with Gasteiger partial charge in [-0.2, -0.15) is 0 Å². The summed E-state index contributed by atoms with van der Waals surface area (Å²) in [6, 6.07) is 5.30. The van der Waals surface area contributed by atoms with Crippen molar-refractivity contribution in [3.05, 3.63) is 22.8 Å². The molecule has 1 N–H and O–H groups in total. The second kappa shape index (κ2) is 6.86. The molecule has 0 saturated heterocycles. The van der Waals surface area contributed by atoms with Gasteiger partial charge in [-0.05, 0) is 55.3 Å². The Morgan fingerprint density at radius 1 is 1.47 bits per heavy atom. The quantitative estimate of drug-likeness (QED) is 0.862. The van der Waals surface area contributed by atoms with Crippen LogP contribution in [-0.2, 0) is 4.74 Å². The molecule has 0 atom stereocenters. The van der Waals surface area contributed by atoms with Crippen LogP contribution < -0.4 is 4.90 Å². The number of rotatable bonds is 4. The molecule has 0 bridgehead atoms. The molecule has 1 heterocycles. The lowest BCUT2D eigenvalue weighted by molar-refractivity contribution is 0.0577. The molecule has 0 aliphatic heterocycles. The van der Waals surface area contributed by atoms with Crippen LogP contribution in [-0.4, -0.2) is 34.9 Å². The molecule has 5 nitrogen and oxygen atoms in total. The first-order valence-corrected chi connectivity index (χ1v) is 6.87. The molecule has 1 amide bonds. The third kappa shape index (κ3) is 5.57. The van der Waals surface area contributed by atoms with Crippen molar-refractivity contribution >= 4 is 27.8 Å². The minimum absolute atomic E-state index is 0.00724. The van der Waals surface area contributed by atoms with Crippen LogP contribution in [0.4, 0.5) is 10.6 Å². The molecule has 0 aliphatic rings. The summed E-state index contributed by atoms with van der Waals surface area (Å²) in [5, 5.41) is 8.92. The average Bonchev–Trinajstić information content (AvgIpc) is 2.27. The van der Waals surface area contributed by atoms with E-state index in [2.05, 4.69) is 20.9 Å². The zero-order valence-corrected chi connectivity index (χ0v) is 13.0. The lowest BCUT2D eigenvalue weighted by Gasteiger charge is -2.26. The second-order valence-corrected chi connectivity index (χ2v) is 5.84. The summed E-state index contributed by atoms with van der Waals surface area (Å²) >= 11 is 3.27. The highest BCUT2D eigenvalue weighted by Crippen LogP contribution is 2.18. The summed E-state index contributed by atoms with van der Waals surface area (Å²) in [6.45, 7) is 5.79. The van der Waals surface area contributed by atoms with Crippen LogP contribution in [0.1, 0.15) is 27.2 Å². The number of pyridine rings is 1. The van der Waals surface area contributed by atoms with E-state index in [-0.39, 0.29) is 6.61 Å². The summed E-state index contributed by atoms with van der Waals surface area (Å²) in [7, 11) is 0. The van der Waals surface area contributed by atoms with Gasteiger partial charge in [0.15, 0.2) is 0 Å². The fraction of sp³-hybridized carbons (Fsp3) is 0.538. The Morgan fingerprint density at radius 3 is 2.68 bits per heavy atom. The monoisotopic (exact) mass is 330 g/mol. The van der Waals surface area contributed by atoms with Gasteiger partial charge in [-0.25, -0.2) is 9.78 Å². The molecular weight excluding hydrogens is 312 g/mol. The Morgan fingerprint density at radius 2 is 2.16 bits per heavy atom. The number of aromatic nitrogens is 1. The molecule has 0 aliphatic carbocycles. The van der Waals surface area contributed by atoms with Crippen molar-refractivity contribution in [3.8, 4) is 0 Å². The standard InChI is InChI=1S/C13H19BrN2O3/c1-13(2,3)19-12(18)16(8-5-9-17)11-7-4-6-10(14)15-11/h4,6-7,17H,5,8-9H2,1-3H3. The third-order valence-corrected chi connectivity index (χ3v) is 2.57. The fourth-order valence-corrected chi connectivity index (χ4v) is 1.73. The number of amides is 1. The SMILES string of the molecule is CC(C)(C)OC(=O)N(CCCO)c1cccc(Br)n1. The number of nitrogens with zero attached hydrogens (tertiary/aromatic N) is 2. The zero-order valence-electron chi connectivity index (χ0n) is 11.4. The first-order chi connectivity index (χ1) is 8.83. The Balaban J connectivity index is 2.91.